The molecule has 0 unspecified atom stereocenters. The summed E-state index contributed by atoms with van der Waals surface area (Å²) < 4.78 is 87.1. The topological polar surface area (TPSA) is 74.9 Å². The van der Waals surface area contributed by atoms with Gasteiger partial charge in [-0.25, -0.2) is 0 Å². The molecule has 7 heteroatoms. The number of nitrogens with zero attached hydrogens (tertiary/aromatic N) is 2. The Hall–Kier alpha value is -3.48. The van der Waals surface area contributed by atoms with Crippen molar-refractivity contribution in [3.63, 3.8) is 0 Å². The van der Waals surface area contributed by atoms with Crippen LogP contribution in [0.1, 0.15) is 35.2 Å². The molecule has 4 heterocycles. The van der Waals surface area contributed by atoms with Crippen molar-refractivity contribution < 1.29 is 31.4 Å². The van der Waals surface area contributed by atoms with Gasteiger partial charge in [0.15, 0.2) is 11.5 Å². The minimum Gasteiger partial charge on any atom is -0.454 e. The molecule has 2 amide bonds. The third-order valence-electron chi connectivity index (χ3n) is 5.18. The second-order valence-corrected chi connectivity index (χ2v) is 6.81. The zero-order valence-electron chi connectivity index (χ0n) is 24.0. The molecule has 3 aliphatic rings. The number of hydrogen-bond donors (Lipinski definition) is 1. The molecule has 7 nitrogen and oxygen atoms in total. The maximum Gasteiger partial charge on any atom is 0.245 e. The molecule has 0 saturated carbocycles. The number of hydrogen-bond acceptors (Lipinski definition) is 4. The quantitative estimate of drug-likeness (QED) is 0.682. The summed E-state index contributed by atoms with van der Waals surface area (Å²) in [5.74, 6) is -3.67. The van der Waals surface area contributed by atoms with Crippen LogP contribution in [0.3, 0.4) is 0 Å². The second kappa shape index (κ2) is 5.76. The van der Waals surface area contributed by atoms with Crippen LogP contribution in [-0.4, -0.2) is 52.9 Å². The van der Waals surface area contributed by atoms with Crippen molar-refractivity contribution >= 4 is 22.7 Å². The molecule has 1 N–H and O–H groups in total. The number of amides is 2. The zero-order valence-corrected chi connectivity index (χ0v) is 15.0. The molecule has 1 saturated heterocycles. The third-order valence-corrected chi connectivity index (χ3v) is 5.18. The van der Waals surface area contributed by atoms with Gasteiger partial charge < -0.3 is 24.3 Å². The van der Waals surface area contributed by atoms with Gasteiger partial charge >= 0.3 is 0 Å². The van der Waals surface area contributed by atoms with E-state index >= 15 is 0 Å². The van der Waals surface area contributed by atoms with Gasteiger partial charge in [0.1, 0.15) is 8.76 Å². The molecule has 2 atom stereocenters. The average molecular weight is 398 g/mol. The Kier molecular flexibility index (Phi) is 1.95. The molecule has 3 aromatic rings. The molecule has 1 fully saturated rings. The predicted octanol–water partition coefficient (Wildman–Crippen LogP) is 2.21. The molecule has 2 aromatic carbocycles. The van der Waals surface area contributed by atoms with Crippen molar-refractivity contribution in [3.05, 3.63) is 59.2 Å². The Balaban J connectivity index is 1.76. The van der Waals surface area contributed by atoms with Crippen molar-refractivity contribution in [2.24, 2.45) is 0 Å². The number of carbonyl (C=O) groups excluding carboxylic acids is 2. The number of aromatic amines is 1. The van der Waals surface area contributed by atoms with E-state index in [-0.39, 0.29) is 11.3 Å². The molecular formula is C22H19N3O4. The van der Waals surface area contributed by atoms with Gasteiger partial charge in [-0.2, -0.15) is 0 Å². The van der Waals surface area contributed by atoms with Crippen molar-refractivity contribution in [3.8, 4) is 11.5 Å². The van der Waals surface area contributed by atoms with E-state index in [4.69, 9.17) is 19.1 Å². The van der Waals surface area contributed by atoms with E-state index in [0.29, 0.717) is 20.7 Å². The van der Waals surface area contributed by atoms with Gasteiger partial charge in [0.05, 0.1) is 22.1 Å². The number of piperazine rings is 1. The van der Waals surface area contributed by atoms with Crippen LogP contribution in [-0.2, 0) is 16.0 Å². The number of H-pyrrole nitrogens is 1. The van der Waals surface area contributed by atoms with E-state index in [9.17, 15) is 12.3 Å². The molecule has 3 aliphatic heterocycles. The highest BCUT2D eigenvalue weighted by molar-refractivity contribution is 5.97. The monoisotopic (exact) mass is 398 g/mol. The van der Waals surface area contributed by atoms with Gasteiger partial charge in [-0.1, -0.05) is 24.2 Å². The van der Waals surface area contributed by atoms with E-state index in [1.165, 1.54) is 0 Å². The number of rotatable bonds is 1. The molecule has 1 aromatic heterocycles. The summed E-state index contributed by atoms with van der Waals surface area (Å²) in [6, 6.07) is -0.921. The summed E-state index contributed by atoms with van der Waals surface area (Å²) >= 11 is 0. The maximum absolute atomic E-state index is 13.7. The second-order valence-electron chi connectivity index (χ2n) is 6.81. The Morgan fingerprint density at radius 1 is 1.24 bits per heavy atom. The standard InChI is InChI=1S/C22H19N3O4/c1-24-10-19(26)25-16(22(24)27)9-14-13-4-2-3-5-15(13)23-20(14)21(25)12-6-7-17-18(8-12)29-11-28-17/h2-8,16,21,23H,9-11H2,1H3/t16-,21-/m1/s1/i6D,7D,8D,10D2,11D2,16D,21D. The van der Waals surface area contributed by atoms with Crippen molar-refractivity contribution in [2.45, 2.75) is 18.5 Å². The number of aromatic nitrogens is 1. The first kappa shape index (κ1) is 9.82. The summed E-state index contributed by atoms with van der Waals surface area (Å²) in [6.07, 6.45) is -0.417. The lowest BCUT2D eigenvalue weighted by Crippen LogP contribution is -2.62. The fourth-order valence-electron chi connectivity index (χ4n) is 3.89. The fraction of sp³-hybridized carbons (Fsp3) is 0.273. The number of ether oxygens (including phenoxy) is 2. The summed E-state index contributed by atoms with van der Waals surface area (Å²) in [7, 11) is 1.04. The maximum atomic E-state index is 13.7. The van der Waals surface area contributed by atoms with Crippen molar-refractivity contribution in [2.75, 3.05) is 20.3 Å². The lowest BCUT2D eigenvalue weighted by molar-refractivity contribution is -0.157. The number of para-hydroxylation sites is 1. The molecule has 0 spiro atoms. The third kappa shape index (κ3) is 2.24. The van der Waals surface area contributed by atoms with Crippen LogP contribution < -0.4 is 9.47 Å². The van der Waals surface area contributed by atoms with E-state index in [1.807, 2.05) is 0 Å². The number of carbonyl (C=O) groups is 2. The summed E-state index contributed by atoms with van der Waals surface area (Å²) in [5.41, 5.74) is -0.0215. The molecule has 146 valence electrons. The average Bonchev–Trinajstić information content (AvgIpc) is 3.38. The van der Waals surface area contributed by atoms with Gasteiger partial charge in [0.25, 0.3) is 0 Å². The number of benzene rings is 2. The van der Waals surface area contributed by atoms with Crippen LogP contribution in [0.4, 0.5) is 0 Å². The molecule has 0 radical (unpaired) electrons. The first-order chi connectivity index (χ1) is 17.6. The first-order valence-corrected chi connectivity index (χ1v) is 8.82. The van der Waals surface area contributed by atoms with Gasteiger partial charge in [-0.15, -0.1) is 0 Å². The van der Waals surface area contributed by atoms with Crippen LogP contribution in [0.2, 0.25) is 0 Å². The SMILES string of the molecule is [2H]c1c([2H])c([C@]2([2H])c3[nH]c4ccccc4c3C[C@]3([2H])C(=O)N(C)C([2H])([2H])C(=O)N23)c([2H])c2c1OC([2H])([2H])O2. The van der Waals surface area contributed by atoms with Crippen LogP contribution in [0.15, 0.2) is 42.4 Å². The number of fused-ring (bicyclic) bond motifs is 5. The van der Waals surface area contributed by atoms with Crippen molar-refractivity contribution in [1.29, 1.82) is 0 Å². The highest BCUT2D eigenvalue weighted by Crippen LogP contribution is 2.44. The Morgan fingerprint density at radius 3 is 2.97 bits per heavy atom. The highest BCUT2D eigenvalue weighted by atomic mass is 16.7. The zero-order chi connectivity index (χ0) is 27.7. The minimum atomic E-state index is -2.97. The smallest absolute Gasteiger partial charge is 0.245 e. The summed E-state index contributed by atoms with van der Waals surface area (Å²) in [4.78, 5) is 31.2. The van der Waals surface area contributed by atoms with E-state index in [0.717, 1.165) is 7.05 Å². The Morgan fingerprint density at radius 2 is 2.07 bits per heavy atom. The molecular weight excluding hydrogens is 370 g/mol. The summed E-state index contributed by atoms with van der Waals surface area (Å²) in [5, 5.41) is 0.517. The molecule has 0 aliphatic carbocycles. The van der Waals surface area contributed by atoms with Crippen LogP contribution in [0.5, 0.6) is 11.5 Å². The first-order valence-electron chi connectivity index (χ1n) is 13.3. The van der Waals surface area contributed by atoms with Gasteiger partial charge in [0.2, 0.25) is 18.6 Å². The number of nitrogens with one attached hydrogen (secondary N) is 1. The minimum absolute atomic E-state index is 0.0913. The Labute approximate surface area is 179 Å². The Bertz CT molecular complexity index is 1610. The predicted molar refractivity (Wildman–Crippen MR) is 105 cm³/mol. The number of likely N-dealkylation sites (N-methyl/N-ethyl adjacent to an activating group) is 1. The van der Waals surface area contributed by atoms with Crippen LogP contribution in [0.25, 0.3) is 10.9 Å². The molecule has 29 heavy (non-hydrogen) atoms. The summed E-state index contributed by atoms with van der Waals surface area (Å²) in [6.45, 7) is -5.75. The lowest BCUT2D eigenvalue weighted by atomic mass is 9.86. The highest BCUT2D eigenvalue weighted by Gasteiger charge is 2.47. The van der Waals surface area contributed by atoms with Gasteiger partial charge in [-0.3, -0.25) is 9.59 Å². The van der Waals surface area contributed by atoms with Crippen LogP contribution in [0, 0.1) is 0 Å². The molecule has 6 rings (SSSR count). The molecule has 0 bridgehead atoms. The van der Waals surface area contributed by atoms with Gasteiger partial charge in [-0.05, 0) is 29.3 Å². The van der Waals surface area contributed by atoms with Crippen molar-refractivity contribution in [1.82, 2.24) is 14.8 Å². The lowest BCUT2D eigenvalue weighted by Gasteiger charge is -2.46. The van der Waals surface area contributed by atoms with Crippen LogP contribution >= 0.6 is 0 Å². The van der Waals surface area contributed by atoms with E-state index < -0.39 is 78.7 Å². The largest absolute Gasteiger partial charge is 0.454 e. The van der Waals surface area contributed by atoms with E-state index in [2.05, 4.69) is 4.98 Å². The van der Waals surface area contributed by atoms with Gasteiger partial charge in [0, 0.05) is 30.1 Å². The van der Waals surface area contributed by atoms with E-state index in [1.54, 1.807) is 24.3 Å². The normalized spacial score (nSPS) is 35.8. The fourth-order valence-corrected chi connectivity index (χ4v) is 3.89.